The number of likely N-dealkylation sites (tertiary alicyclic amines) is 1. The van der Waals surface area contributed by atoms with Crippen molar-refractivity contribution in [2.75, 3.05) is 25.4 Å². The second kappa shape index (κ2) is 9.81. The van der Waals surface area contributed by atoms with E-state index in [1.54, 1.807) is 36.1 Å². The molecule has 0 saturated carbocycles. The van der Waals surface area contributed by atoms with Gasteiger partial charge in [-0.2, -0.15) is 18.3 Å². The summed E-state index contributed by atoms with van der Waals surface area (Å²) in [6.45, 7) is 3.04. The largest absolute Gasteiger partial charge is 0.466 e. The van der Waals surface area contributed by atoms with Crippen LogP contribution in [0.15, 0.2) is 54.6 Å². The molecule has 35 heavy (non-hydrogen) atoms. The Balaban J connectivity index is 1.47. The average Bonchev–Trinajstić information content (AvgIpc) is 3.25. The molecule has 4 rings (SSSR count). The van der Waals surface area contributed by atoms with Gasteiger partial charge in [-0.25, -0.2) is 4.68 Å². The predicted octanol–water partition coefficient (Wildman–Crippen LogP) is 4.56. The Bertz CT molecular complexity index is 1210. The highest BCUT2D eigenvalue weighted by Crippen LogP contribution is 2.32. The van der Waals surface area contributed by atoms with E-state index in [1.165, 1.54) is 22.9 Å². The summed E-state index contributed by atoms with van der Waals surface area (Å²) in [6, 6.07) is 13.0. The molecule has 0 atom stereocenters. The zero-order chi connectivity index (χ0) is 25.2. The van der Waals surface area contributed by atoms with E-state index in [4.69, 9.17) is 10.5 Å². The fourth-order valence-electron chi connectivity index (χ4n) is 4.10. The molecule has 184 valence electrons. The second-order valence-electron chi connectivity index (χ2n) is 8.31. The lowest BCUT2D eigenvalue weighted by Gasteiger charge is -2.31. The molecule has 1 aliphatic heterocycles. The number of halogens is 3. The van der Waals surface area contributed by atoms with E-state index in [-0.39, 0.29) is 23.6 Å². The Morgan fingerprint density at radius 1 is 1.09 bits per heavy atom. The molecule has 0 radical (unpaired) electrons. The monoisotopic (exact) mass is 486 g/mol. The maximum atomic E-state index is 13.1. The Kier molecular flexibility index (Phi) is 6.81. The van der Waals surface area contributed by atoms with Crippen LogP contribution in [-0.4, -0.2) is 46.3 Å². The zero-order valence-corrected chi connectivity index (χ0v) is 19.1. The summed E-state index contributed by atoms with van der Waals surface area (Å²) in [4.78, 5) is 26.5. The SMILES string of the molecule is CCOC(=O)C1CCN(C(=O)c2ccc(-n3nc(-c4cccc(C(F)(F)F)c4)cc3N)cc2)CC1. The number of nitrogens with two attached hydrogens (primary N) is 1. The van der Waals surface area contributed by atoms with Crippen LogP contribution in [0, 0.1) is 5.92 Å². The van der Waals surface area contributed by atoms with Crippen molar-refractivity contribution in [3.05, 3.63) is 65.7 Å². The van der Waals surface area contributed by atoms with E-state index in [0.717, 1.165) is 12.1 Å². The van der Waals surface area contributed by atoms with Gasteiger partial charge in [0.2, 0.25) is 0 Å². The van der Waals surface area contributed by atoms with Crippen LogP contribution in [0.3, 0.4) is 0 Å². The van der Waals surface area contributed by atoms with Gasteiger partial charge in [-0.05, 0) is 56.2 Å². The molecule has 0 spiro atoms. The van der Waals surface area contributed by atoms with Crippen LogP contribution in [0.1, 0.15) is 35.7 Å². The molecule has 0 unspecified atom stereocenters. The fraction of sp³-hybridized carbons (Fsp3) is 0.320. The first-order valence-corrected chi connectivity index (χ1v) is 11.3. The smallest absolute Gasteiger partial charge is 0.416 e. The maximum absolute atomic E-state index is 13.1. The van der Waals surface area contributed by atoms with Gasteiger partial charge in [-0.3, -0.25) is 9.59 Å². The van der Waals surface area contributed by atoms with Crippen molar-refractivity contribution < 1.29 is 27.5 Å². The molecule has 10 heteroatoms. The van der Waals surface area contributed by atoms with Gasteiger partial charge in [0.05, 0.1) is 29.5 Å². The Labute approximate surface area is 200 Å². The highest BCUT2D eigenvalue weighted by molar-refractivity contribution is 5.94. The van der Waals surface area contributed by atoms with E-state index in [9.17, 15) is 22.8 Å². The van der Waals surface area contributed by atoms with Crippen LogP contribution in [0.4, 0.5) is 19.0 Å². The first-order valence-electron chi connectivity index (χ1n) is 11.3. The third kappa shape index (κ3) is 5.31. The number of anilines is 1. The number of carbonyl (C=O) groups is 2. The minimum atomic E-state index is -4.46. The molecule has 2 aromatic carbocycles. The molecule has 0 aliphatic carbocycles. The highest BCUT2D eigenvalue weighted by atomic mass is 19.4. The van der Waals surface area contributed by atoms with E-state index in [0.29, 0.717) is 55.0 Å². The lowest BCUT2D eigenvalue weighted by atomic mass is 9.96. The Morgan fingerprint density at radius 2 is 1.77 bits per heavy atom. The molecule has 1 fully saturated rings. The molecular weight excluding hydrogens is 461 g/mol. The van der Waals surface area contributed by atoms with Crippen molar-refractivity contribution in [2.45, 2.75) is 25.9 Å². The van der Waals surface area contributed by atoms with Crippen LogP contribution in [0.2, 0.25) is 0 Å². The summed E-state index contributed by atoms with van der Waals surface area (Å²) >= 11 is 0. The van der Waals surface area contributed by atoms with Crippen LogP contribution < -0.4 is 5.73 Å². The Hall–Kier alpha value is -3.82. The number of alkyl halides is 3. The topological polar surface area (TPSA) is 90.5 Å². The summed E-state index contributed by atoms with van der Waals surface area (Å²) in [5.74, 6) is -0.296. The standard InChI is InChI=1S/C25H25F3N4O3/c1-2-35-24(34)17-10-12-31(13-11-17)23(33)16-6-8-20(9-7-16)32-22(29)15-21(30-32)18-4-3-5-19(14-18)25(26,27)28/h3-9,14-15,17H,2,10-13,29H2,1H3. The molecule has 2 heterocycles. The van der Waals surface area contributed by atoms with Crippen molar-refractivity contribution in [3.8, 4) is 16.9 Å². The van der Waals surface area contributed by atoms with Gasteiger partial charge in [0.25, 0.3) is 5.91 Å². The summed E-state index contributed by atoms with van der Waals surface area (Å²) < 4.78 is 45.6. The normalized spacial score (nSPS) is 14.7. The van der Waals surface area contributed by atoms with Crippen molar-refractivity contribution in [3.63, 3.8) is 0 Å². The number of nitrogens with zero attached hydrogens (tertiary/aromatic N) is 3. The summed E-state index contributed by atoms with van der Waals surface area (Å²) in [6.07, 6.45) is -3.34. The van der Waals surface area contributed by atoms with Crippen molar-refractivity contribution >= 4 is 17.7 Å². The van der Waals surface area contributed by atoms with Gasteiger partial charge in [0.15, 0.2) is 0 Å². The molecule has 1 saturated heterocycles. The van der Waals surface area contributed by atoms with Gasteiger partial charge in [0, 0.05) is 30.3 Å². The average molecular weight is 486 g/mol. The van der Waals surface area contributed by atoms with Crippen LogP contribution in [0.25, 0.3) is 16.9 Å². The van der Waals surface area contributed by atoms with E-state index in [2.05, 4.69) is 5.10 Å². The van der Waals surface area contributed by atoms with E-state index >= 15 is 0 Å². The number of amides is 1. The molecule has 1 aromatic heterocycles. The lowest BCUT2D eigenvalue weighted by molar-refractivity contribution is -0.149. The number of hydrogen-bond acceptors (Lipinski definition) is 5. The third-order valence-electron chi connectivity index (χ3n) is 5.98. The Morgan fingerprint density at radius 3 is 2.40 bits per heavy atom. The molecule has 1 aliphatic rings. The summed E-state index contributed by atoms with van der Waals surface area (Å²) in [7, 11) is 0. The number of aromatic nitrogens is 2. The third-order valence-corrected chi connectivity index (χ3v) is 5.98. The second-order valence-corrected chi connectivity index (χ2v) is 8.31. The molecule has 0 bridgehead atoms. The van der Waals surface area contributed by atoms with E-state index < -0.39 is 11.7 Å². The van der Waals surface area contributed by atoms with Gasteiger partial charge in [-0.15, -0.1) is 0 Å². The highest BCUT2D eigenvalue weighted by Gasteiger charge is 2.31. The van der Waals surface area contributed by atoms with Crippen LogP contribution in [-0.2, 0) is 15.7 Å². The fourth-order valence-corrected chi connectivity index (χ4v) is 4.10. The number of hydrogen-bond donors (Lipinski definition) is 1. The number of ether oxygens (including phenoxy) is 1. The molecule has 1 amide bonds. The zero-order valence-electron chi connectivity index (χ0n) is 19.1. The maximum Gasteiger partial charge on any atom is 0.416 e. The molecule has 3 aromatic rings. The number of esters is 1. The van der Waals surface area contributed by atoms with Gasteiger partial charge in [-0.1, -0.05) is 12.1 Å². The number of carbonyl (C=O) groups excluding carboxylic acids is 2. The number of nitrogen functional groups attached to an aromatic ring is 1. The van der Waals surface area contributed by atoms with E-state index in [1.807, 2.05) is 0 Å². The van der Waals surface area contributed by atoms with Gasteiger partial charge < -0.3 is 15.4 Å². The lowest BCUT2D eigenvalue weighted by Crippen LogP contribution is -2.40. The first-order chi connectivity index (χ1) is 16.7. The summed E-state index contributed by atoms with van der Waals surface area (Å²) in [5.41, 5.74) is 6.95. The quantitative estimate of drug-likeness (QED) is 0.534. The first kappa shape index (κ1) is 24.3. The minimum absolute atomic E-state index is 0.142. The van der Waals surface area contributed by atoms with Gasteiger partial charge >= 0.3 is 12.1 Å². The molecule has 2 N–H and O–H groups in total. The molecular formula is C25H25F3N4O3. The predicted molar refractivity (Wildman–Crippen MR) is 124 cm³/mol. The van der Waals surface area contributed by atoms with Crippen molar-refractivity contribution in [1.29, 1.82) is 0 Å². The summed E-state index contributed by atoms with van der Waals surface area (Å²) in [5, 5.41) is 4.36. The van der Waals surface area contributed by atoms with Crippen molar-refractivity contribution in [1.82, 2.24) is 14.7 Å². The molecule has 7 nitrogen and oxygen atoms in total. The number of rotatable bonds is 5. The van der Waals surface area contributed by atoms with Crippen LogP contribution >= 0.6 is 0 Å². The number of piperidine rings is 1. The van der Waals surface area contributed by atoms with Crippen molar-refractivity contribution in [2.24, 2.45) is 5.92 Å². The minimum Gasteiger partial charge on any atom is -0.466 e. The van der Waals surface area contributed by atoms with Crippen LogP contribution in [0.5, 0.6) is 0 Å². The number of benzene rings is 2. The van der Waals surface area contributed by atoms with Gasteiger partial charge in [0.1, 0.15) is 5.82 Å².